The van der Waals surface area contributed by atoms with Gasteiger partial charge in [0.05, 0.1) is 10.6 Å². The third kappa shape index (κ3) is 5.35. The van der Waals surface area contributed by atoms with Crippen molar-refractivity contribution in [1.82, 2.24) is 4.98 Å². The summed E-state index contributed by atoms with van der Waals surface area (Å²) in [5.41, 5.74) is 1.37. The zero-order valence-corrected chi connectivity index (χ0v) is 18.5. The van der Waals surface area contributed by atoms with Crippen LogP contribution in [0.5, 0.6) is 0 Å². The van der Waals surface area contributed by atoms with Crippen LogP contribution in [0.4, 0.5) is 10.8 Å². The highest BCUT2D eigenvalue weighted by Crippen LogP contribution is 2.27. The molecule has 9 heteroatoms. The van der Waals surface area contributed by atoms with Crippen molar-refractivity contribution in [2.75, 3.05) is 10.0 Å². The number of carbonyl (C=O) groups excluding carboxylic acids is 1. The van der Waals surface area contributed by atoms with Crippen LogP contribution in [-0.4, -0.2) is 19.3 Å². The number of sulfonamides is 1. The zero-order valence-electron chi connectivity index (χ0n) is 16.1. The van der Waals surface area contributed by atoms with Crippen molar-refractivity contribution in [2.45, 2.75) is 31.1 Å². The summed E-state index contributed by atoms with van der Waals surface area (Å²) in [6.45, 7) is 6.14. The summed E-state index contributed by atoms with van der Waals surface area (Å²) >= 11 is 7.15. The van der Waals surface area contributed by atoms with Crippen LogP contribution in [0.3, 0.4) is 0 Å². The van der Waals surface area contributed by atoms with E-state index in [1.165, 1.54) is 41.7 Å². The minimum atomic E-state index is -3.80. The molecular weight excluding hydrogens is 430 g/mol. The number of anilines is 2. The first-order valence-electron chi connectivity index (χ1n) is 8.70. The molecule has 152 valence electrons. The maximum absolute atomic E-state index is 12.6. The number of hydrogen-bond acceptors (Lipinski definition) is 5. The van der Waals surface area contributed by atoms with Crippen LogP contribution in [0.2, 0.25) is 5.02 Å². The number of benzene rings is 2. The van der Waals surface area contributed by atoms with Gasteiger partial charge in [0.15, 0.2) is 5.13 Å². The lowest BCUT2D eigenvalue weighted by molar-refractivity contribution is 0.102. The number of carbonyl (C=O) groups is 1. The van der Waals surface area contributed by atoms with Gasteiger partial charge in [0.1, 0.15) is 0 Å². The van der Waals surface area contributed by atoms with E-state index < -0.39 is 10.0 Å². The molecule has 3 rings (SSSR count). The summed E-state index contributed by atoms with van der Waals surface area (Å²) < 4.78 is 27.5. The normalized spacial score (nSPS) is 11.9. The van der Waals surface area contributed by atoms with Gasteiger partial charge >= 0.3 is 0 Å². The first kappa shape index (κ1) is 21.3. The number of halogens is 1. The molecule has 2 N–H and O–H groups in total. The fourth-order valence-corrected chi connectivity index (χ4v) is 4.50. The van der Waals surface area contributed by atoms with Crippen molar-refractivity contribution < 1.29 is 13.2 Å². The van der Waals surface area contributed by atoms with Gasteiger partial charge in [-0.15, -0.1) is 11.3 Å². The van der Waals surface area contributed by atoms with E-state index in [1.807, 2.05) is 26.2 Å². The second kappa shape index (κ2) is 8.14. The van der Waals surface area contributed by atoms with E-state index >= 15 is 0 Å². The Morgan fingerprint density at radius 1 is 1.10 bits per heavy atom. The van der Waals surface area contributed by atoms with Gasteiger partial charge in [-0.25, -0.2) is 13.4 Å². The van der Waals surface area contributed by atoms with Crippen LogP contribution in [-0.2, 0) is 15.4 Å². The molecule has 2 aromatic carbocycles. The molecule has 1 heterocycles. The molecule has 29 heavy (non-hydrogen) atoms. The summed E-state index contributed by atoms with van der Waals surface area (Å²) in [6.07, 6.45) is 0. The lowest BCUT2D eigenvalue weighted by atomic mass is 9.93. The number of thiazole rings is 1. The van der Waals surface area contributed by atoms with Gasteiger partial charge in [-0.05, 0) is 42.5 Å². The Labute approximate surface area is 179 Å². The molecule has 0 saturated carbocycles. The number of hydrogen-bond donors (Lipinski definition) is 2. The van der Waals surface area contributed by atoms with Crippen LogP contribution in [0.25, 0.3) is 0 Å². The van der Waals surface area contributed by atoms with E-state index in [4.69, 9.17) is 11.6 Å². The lowest BCUT2D eigenvalue weighted by Crippen LogP contribution is -2.15. The Balaban J connectivity index is 1.76. The van der Waals surface area contributed by atoms with Crippen LogP contribution >= 0.6 is 22.9 Å². The maximum Gasteiger partial charge on any atom is 0.261 e. The highest BCUT2D eigenvalue weighted by atomic mass is 35.5. The predicted molar refractivity (Wildman–Crippen MR) is 117 cm³/mol. The van der Waals surface area contributed by atoms with Crippen molar-refractivity contribution in [3.05, 3.63) is 70.2 Å². The van der Waals surface area contributed by atoms with E-state index in [0.717, 1.165) is 5.69 Å². The minimum Gasteiger partial charge on any atom is -0.298 e. The topological polar surface area (TPSA) is 88.2 Å². The highest BCUT2D eigenvalue weighted by molar-refractivity contribution is 7.92. The highest BCUT2D eigenvalue weighted by Gasteiger charge is 2.19. The Kier molecular flexibility index (Phi) is 5.97. The van der Waals surface area contributed by atoms with Gasteiger partial charge < -0.3 is 0 Å². The van der Waals surface area contributed by atoms with E-state index in [9.17, 15) is 13.2 Å². The standard InChI is InChI=1S/C20H20ClN3O3S2/c1-20(2,3)17-12-28-19(22-17)23-18(25)13-5-4-6-15(11-13)24-29(26,27)16-9-7-14(21)8-10-16/h4-12,24H,1-3H3,(H,22,23,25). The van der Waals surface area contributed by atoms with Gasteiger partial charge in [-0.1, -0.05) is 38.4 Å². The molecule has 0 saturated heterocycles. The fourth-order valence-electron chi connectivity index (χ4n) is 2.40. The number of nitrogens with zero attached hydrogens (tertiary/aromatic N) is 1. The molecule has 1 amide bonds. The van der Waals surface area contributed by atoms with Crippen molar-refractivity contribution >= 4 is 49.7 Å². The first-order valence-corrected chi connectivity index (χ1v) is 11.4. The molecule has 0 aliphatic rings. The Morgan fingerprint density at radius 2 is 1.79 bits per heavy atom. The van der Waals surface area contributed by atoms with E-state index in [2.05, 4.69) is 15.0 Å². The Morgan fingerprint density at radius 3 is 2.41 bits per heavy atom. The van der Waals surface area contributed by atoms with Gasteiger partial charge in [0, 0.05) is 27.1 Å². The second-order valence-electron chi connectivity index (χ2n) is 7.38. The first-order chi connectivity index (χ1) is 13.5. The molecule has 0 bridgehead atoms. The van der Waals surface area contributed by atoms with Crippen LogP contribution in [0.1, 0.15) is 36.8 Å². The average molecular weight is 450 g/mol. The summed E-state index contributed by atoms with van der Waals surface area (Å²) in [7, 11) is -3.80. The van der Waals surface area contributed by atoms with E-state index in [-0.39, 0.29) is 21.9 Å². The summed E-state index contributed by atoms with van der Waals surface area (Å²) in [5, 5.41) is 5.60. The number of aromatic nitrogens is 1. The summed E-state index contributed by atoms with van der Waals surface area (Å²) in [6, 6.07) is 12.1. The van der Waals surface area contributed by atoms with Crippen LogP contribution < -0.4 is 10.0 Å². The van der Waals surface area contributed by atoms with Crippen LogP contribution in [0, 0.1) is 0 Å². The van der Waals surface area contributed by atoms with Crippen molar-refractivity contribution in [3.63, 3.8) is 0 Å². The van der Waals surface area contributed by atoms with Gasteiger partial charge in [-0.2, -0.15) is 0 Å². The molecule has 0 atom stereocenters. The minimum absolute atomic E-state index is 0.0780. The molecule has 6 nitrogen and oxygen atoms in total. The summed E-state index contributed by atoms with van der Waals surface area (Å²) in [5.74, 6) is -0.368. The number of rotatable bonds is 5. The predicted octanol–water partition coefficient (Wildman–Crippen LogP) is 5.15. The zero-order chi connectivity index (χ0) is 21.2. The second-order valence-corrected chi connectivity index (χ2v) is 10.4. The molecule has 0 aliphatic carbocycles. The van der Waals surface area contributed by atoms with E-state index in [1.54, 1.807) is 18.2 Å². The third-order valence-corrected chi connectivity index (χ3v) is 6.40. The smallest absolute Gasteiger partial charge is 0.261 e. The van der Waals surface area contributed by atoms with Gasteiger partial charge in [-0.3, -0.25) is 14.8 Å². The monoisotopic (exact) mass is 449 g/mol. The maximum atomic E-state index is 12.6. The Bertz CT molecular complexity index is 1130. The molecular formula is C20H20ClN3O3S2. The molecule has 3 aromatic rings. The third-order valence-electron chi connectivity index (χ3n) is 3.99. The average Bonchev–Trinajstić information content (AvgIpc) is 3.11. The van der Waals surface area contributed by atoms with Gasteiger partial charge in [0.25, 0.3) is 15.9 Å². The number of amides is 1. The van der Waals surface area contributed by atoms with E-state index in [0.29, 0.717) is 15.7 Å². The van der Waals surface area contributed by atoms with Gasteiger partial charge in [0.2, 0.25) is 0 Å². The van der Waals surface area contributed by atoms with Crippen LogP contribution in [0.15, 0.2) is 58.8 Å². The number of nitrogens with one attached hydrogen (secondary N) is 2. The molecule has 0 unspecified atom stereocenters. The van der Waals surface area contributed by atoms with Crippen molar-refractivity contribution in [2.24, 2.45) is 0 Å². The summed E-state index contributed by atoms with van der Waals surface area (Å²) in [4.78, 5) is 17.1. The molecule has 0 fully saturated rings. The van der Waals surface area contributed by atoms with Crippen molar-refractivity contribution in [3.8, 4) is 0 Å². The lowest BCUT2D eigenvalue weighted by Gasteiger charge is -2.14. The molecule has 0 spiro atoms. The largest absolute Gasteiger partial charge is 0.298 e. The SMILES string of the molecule is CC(C)(C)c1csc(NC(=O)c2cccc(NS(=O)(=O)c3ccc(Cl)cc3)c2)n1. The Hall–Kier alpha value is -2.42. The molecule has 0 radical (unpaired) electrons. The fraction of sp³-hybridized carbons (Fsp3) is 0.200. The molecule has 1 aromatic heterocycles. The molecule has 0 aliphatic heterocycles. The quantitative estimate of drug-likeness (QED) is 0.564. The van der Waals surface area contributed by atoms with Crippen molar-refractivity contribution in [1.29, 1.82) is 0 Å².